The number of amides is 2. The standard InChI is InChI=1S/C21H23N3O3/c1-3-4-8-13-24-18-14-16(27-2)11-12-17(18)19(21(24)26)22-23-20(25)15-9-6-5-7-10-15/h5-7,9-12,14H,3-4,8,13H2,1-2H3,(H,23,25)/b22-19-. The molecule has 6 heteroatoms. The normalized spacial score (nSPS) is 14.4. The van der Waals surface area contributed by atoms with Gasteiger partial charge in [-0.05, 0) is 30.7 Å². The number of anilines is 1. The highest BCUT2D eigenvalue weighted by Gasteiger charge is 2.34. The Morgan fingerprint density at radius 1 is 1.15 bits per heavy atom. The van der Waals surface area contributed by atoms with Gasteiger partial charge in [0.15, 0.2) is 5.71 Å². The van der Waals surface area contributed by atoms with Crippen molar-refractivity contribution in [2.75, 3.05) is 18.6 Å². The molecule has 3 rings (SSSR count). The van der Waals surface area contributed by atoms with Gasteiger partial charge in [0.05, 0.1) is 12.8 Å². The van der Waals surface area contributed by atoms with Crippen LogP contribution in [0.15, 0.2) is 53.6 Å². The van der Waals surface area contributed by atoms with Crippen LogP contribution in [0, 0.1) is 0 Å². The van der Waals surface area contributed by atoms with E-state index in [2.05, 4.69) is 17.5 Å². The number of rotatable bonds is 7. The number of hydrazone groups is 1. The van der Waals surface area contributed by atoms with Crippen LogP contribution < -0.4 is 15.1 Å². The fourth-order valence-corrected chi connectivity index (χ4v) is 3.03. The van der Waals surface area contributed by atoms with Gasteiger partial charge in [0.25, 0.3) is 11.8 Å². The lowest BCUT2D eigenvalue weighted by Crippen LogP contribution is -2.32. The Balaban J connectivity index is 1.87. The van der Waals surface area contributed by atoms with Crippen molar-refractivity contribution >= 4 is 23.2 Å². The van der Waals surface area contributed by atoms with Gasteiger partial charge in [-0.2, -0.15) is 5.10 Å². The number of nitrogens with zero attached hydrogens (tertiary/aromatic N) is 2. The molecule has 1 heterocycles. The van der Waals surface area contributed by atoms with Crippen LogP contribution in [-0.4, -0.2) is 31.2 Å². The van der Waals surface area contributed by atoms with Gasteiger partial charge >= 0.3 is 0 Å². The summed E-state index contributed by atoms with van der Waals surface area (Å²) in [5, 5.41) is 4.14. The molecular weight excluding hydrogens is 342 g/mol. The van der Waals surface area contributed by atoms with Crippen molar-refractivity contribution in [3.63, 3.8) is 0 Å². The number of ether oxygens (including phenoxy) is 1. The molecule has 0 atom stereocenters. The molecule has 1 aliphatic heterocycles. The van der Waals surface area contributed by atoms with Crippen LogP contribution in [0.5, 0.6) is 5.75 Å². The molecular formula is C21H23N3O3. The SMILES string of the molecule is CCCCCN1C(=O)/C(=N\NC(=O)c2ccccc2)c2ccc(OC)cc21. The van der Waals surface area contributed by atoms with Crippen LogP contribution in [0.1, 0.15) is 42.1 Å². The molecule has 140 valence electrons. The van der Waals surface area contributed by atoms with E-state index >= 15 is 0 Å². The van der Waals surface area contributed by atoms with Crippen molar-refractivity contribution in [2.24, 2.45) is 5.10 Å². The number of carbonyl (C=O) groups excluding carboxylic acids is 2. The quantitative estimate of drug-likeness (QED) is 0.604. The van der Waals surface area contributed by atoms with Crippen LogP contribution >= 0.6 is 0 Å². The number of nitrogens with one attached hydrogen (secondary N) is 1. The van der Waals surface area contributed by atoms with Crippen molar-refractivity contribution in [3.05, 3.63) is 59.7 Å². The largest absolute Gasteiger partial charge is 0.497 e. The molecule has 0 aromatic heterocycles. The molecule has 0 spiro atoms. The summed E-state index contributed by atoms with van der Waals surface area (Å²) in [7, 11) is 1.59. The molecule has 6 nitrogen and oxygen atoms in total. The minimum absolute atomic E-state index is 0.206. The molecule has 1 aliphatic rings. The zero-order chi connectivity index (χ0) is 19.2. The summed E-state index contributed by atoms with van der Waals surface area (Å²) in [6.45, 7) is 2.73. The molecule has 2 aromatic rings. The van der Waals surface area contributed by atoms with Crippen molar-refractivity contribution < 1.29 is 14.3 Å². The first-order valence-electron chi connectivity index (χ1n) is 9.09. The number of benzene rings is 2. The van der Waals surface area contributed by atoms with E-state index in [0.29, 0.717) is 23.4 Å². The van der Waals surface area contributed by atoms with Gasteiger partial charge in [-0.3, -0.25) is 9.59 Å². The molecule has 0 fully saturated rings. The number of unbranched alkanes of at least 4 members (excludes halogenated alkanes) is 2. The second kappa shape index (κ2) is 8.49. The molecule has 0 aliphatic carbocycles. The summed E-state index contributed by atoms with van der Waals surface area (Å²) in [5.41, 5.74) is 4.70. The molecule has 27 heavy (non-hydrogen) atoms. The van der Waals surface area contributed by atoms with E-state index in [9.17, 15) is 9.59 Å². The zero-order valence-corrected chi connectivity index (χ0v) is 15.6. The lowest BCUT2D eigenvalue weighted by Gasteiger charge is -2.17. The van der Waals surface area contributed by atoms with E-state index in [0.717, 1.165) is 24.9 Å². The van der Waals surface area contributed by atoms with Crippen molar-refractivity contribution in [2.45, 2.75) is 26.2 Å². The molecule has 0 bridgehead atoms. The summed E-state index contributed by atoms with van der Waals surface area (Å²) in [5.74, 6) is 0.120. The van der Waals surface area contributed by atoms with E-state index < -0.39 is 0 Å². The highest BCUT2D eigenvalue weighted by atomic mass is 16.5. The first-order valence-corrected chi connectivity index (χ1v) is 9.09. The molecule has 2 amide bonds. The molecule has 0 saturated heterocycles. The second-order valence-electron chi connectivity index (χ2n) is 6.31. The summed E-state index contributed by atoms with van der Waals surface area (Å²) in [6.07, 6.45) is 3.02. The first kappa shape index (κ1) is 18.6. The van der Waals surface area contributed by atoms with Gasteiger partial charge in [0, 0.05) is 23.7 Å². The van der Waals surface area contributed by atoms with Gasteiger partial charge in [-0.1, -0.05) is 38.0 Å². The topological polar surface area (TPSA) is 71.0 Å². The highest BCUT2D eigenvalue weighted by Crippen LogP contribution is 2.33. The van der Waals surface area contributed by atoms with Crippen molar-refractivity contribution in [1.29, 1.82) is 0 Å². The Labute approximate surface area is 158 Å². The molecule has 1 N–H and O–H groups in total. The third-order valence-electron chi connectivity index (χ3n) is 4.49. The monoisotopic (exact) mass is 365 g/mol. The average Bonchev–Trinajstić information content (AvgIpc) is 2.97. The lowest BCUT2D eigenvalue weighted by atomic mass is 10.1. The minimum Gasteiger partial charge on any atom is -0.497 e. The predicted octanol–water partition coefficient (Wildman–Crippen LogP) is 3.37. The molecule has 2 aromatic carbocycles. The maximum atomic E-state index is 12.9. The van der Waals surface area contributed by atoms with E-state index in [1.165, 1.54) is 0 Å². The average molecular weight is 365 g/mol. The molecule has 0 radical (unpaired) electrons. The Morgan fingerprint density at radius 2 is 1.93 bits per heavy atom. The van der Waals surface area contributed by atoms with E-state index in [4.69, 9.17) is 4.74 Å². The summed E-state index contributed by atoms with van der Waals surface area (Å²) < 4.78 is 5.29. The van der Waals surface area contributed by atoms with E-state index in [1.807, 2.05) is 12.1 Å². The van der Waals surface area contributed by atoms with Crippen LogP contribution in [-0.2, 0) is 4.79 Å². The Hall–Kier alpha value is -3.15. The summed E-state index contributed by atoms with van der Waals surface area (Å²) in [4.78, 5) is 26.9. The number of hydrogen-bond donors (Lipinski definition) is 1. The zero-order valence-electron chi connectivity index (χ0n) is 15.6. The van der Waals surface area contributed by atoms with Crippen molar-refractivity contribution in [3.8, 4) is 5.75 Å². The van der Waals surface area contributed by atoms with Crippen LogP contribution in [0.25, 0.3) is 0 Å². The number of methoxy groups -OCH3 is 1. The van der Waals surface area contributed by atoms with Gasteiger partial charge in [-0.15, -0.1) is 0 Å². The van der Waals surface area contributed by atoms with Gasteiger partial charge in [-0.25, -0.2) is 5.43 Å². The maximum Gasteiger partial charge on any atom is 0.279 e. The lowest BCUT2D eigenvalue weighted by molar-refractivity contribution is -0.112. The fraction of sp³-hybridized carbons (Fsp3) is 0.286. The van der Waals surface area contributed by atoms with Gasteiger partial charge in [0.2, 0.25) is 0 Å². The number of hydrogen-bond acceptors (Lipinski definition) is 4. The van der Waals surface area contributed by atoms with Crippen LogP contribution in [0.4, 0.5) is 5.69 Å². The smallest absolute Gasteiger partial charge is 0.279 e. The van der Waals surface area contributed by atoms with E-state index in [-0.39, 0.29) is 17.5 Å². The predicted molar refractivity (Wildman–Crippen MR) is 105 cm³/mol. The fourth-order valence-electron chi connectivity index (χ4n) is 3.03. The van der Waals surface area contributed by atoms with Crippen LogP contribution in [0.3, 0.4) is 0 Å². The Kier molecular flexibility index (Phi) is 5.86. The summed E-state index contributed by atoms with van der Waals surface area (Å²) in [6, 6.07) is 14.2. The van der Waals surface area contributed by atoms with Gasteiger partial charge < -0.3 is 9.64 Å². The Morgan fingerprint density at radius 3 is 2.63 bits per heavy atom. The highest BCUT2D eigenvalue weighted by molar-refractivity contribution is 6.54. The van der Waals surface area contributed by atoms with Gasteiger partial charge in [0.1, 0.15) is 5.75 Å². The van der Waals surface area contributed by atoms with Crippen LogP contribution in [0.2, 0.25) is 0 Å². The second-order valence-corrected chi connectivity index (χ2v) is 6.31. The minimum atomic E-state index is -0.351. The van der Waals surface area contributed by atoms with Crippen molar-refractivity contribution in [1.82, 2.24) is 5.43 Å². The molecule has 0 saturated carbocycles. The van der Waals surface area contributed by atoms with E-state index in [1.54, 1.807) is 48.4 Å². The molecule has 0 unspecified atom stereocenters. The third-order valence-corrected chi connectivity index (χ3v) is 4.49. The number of fused-ring (bicyclic) bond motifs is 1. The Bertz CT molecular complexity index is 862. The third kappa shape index (κ3) is 4.00. The number of carbonyl (C=O) groups is 2. The first-order chi connectivity index (χ1) is 13.2. The maximum absolute atomic E-state index is 12.9. The summed E-state index contributed by atoms with van der Waals surface area (Å²) >= 11 is 0.